The number of nitrogens with one attached hydrogen (secondary N) is 1. The summed E-state index contributed by atoms with van der Waals surface area (Å²) in [5, 5.41) is 0.0341. The molecule has 1 amide bonds. The molecule has 0 aromatic heterocycles. The van der Waals surface area contributed by atoms with Gasteiger partial charge >= 0.3 is 0 Å². The third-order valence-corrected chi connectivity index (χ3v) is 7.47. The molecule has 35 heavy (non-hydrogen) atoms. The van der Waals surface area contributed by atoms with E-state index in [9.17, 15) is 17.6 Å². The number of carbonyl (C=O) groups excluding carboxylic acids is 1. The van der Waals surface area contributed by atoms with Gasteiger partial charge in [-0.3, -0.25) is 4.79 Å². The molecule has 0 spiro atoms. The van der Waals surface area contributed by atoms with Crippen molar-refractivity contribution >= 4 is 27.5 Å². The van der Waals surface area contributed by atoms with Crippen molar-refractivity contribution in [3.05, 3.63) is 88.7 Å². The molecule has 0 saturated heterocycles. The van der Waals surface area contributed by atoms with Gasteiger partial charge in [-0.05, 0) is 54.7 Å². The van der Waals surface area contributed by atoms with Crippen molar-refractivity contribution in [1.29, 1.82) is 0 Å². The third kappa shape index (κ3) is 6.52. The molecule has 6 nitrogen and oxygen atoms in total. The highest BCUT2D eigenvalue weighted by molar-refractivity contribution is 7.90. The van der Waals surface area contributed by atoms with E-state index >= 15 is 0 Å². The predicted octanol–water partition coefficient (Wildman–Crippen LogP) is 5.75. The smallest absolute Gasteiger partial charge is 0.268 e. The average Bonchev–Trinajstić information content (AvgIpc) is 3.37. The van der Waals surface area contributed by atoms with E-state index in [1.165, 1.54) is 24.3 Å². The minimum absolute atomic E-state index is 0.0341. The van der Waals surface area contributed by atoms with Gasteiger partial charge in [-0.25, -0.2) is 17.5 Å². The van der Waals surface area contributed by atoms with Crippen LogP contribution in [0.3, 0.4) is 0 Å². The van der Waals surface area contributed by atoms with Crippen LogP contribution in [0.1, 0.15) is 41.6 Å². The Labute approximate surface area is 209 Å². The molecular formula is C26H25ClFNO5S. The van der Waals surface area contributed by atoms with Gasteiger partial charge < -0.3 is 9.47 Å². The van der Waals surface area contributed by atoms with Crippen LogP contribution in [0.5, 0.6) is 11.5 Å². The summed E-state index contributed by atoms with van der Waals surface area (Å²) >= 11 is 6.18. The number of carbonyl (C=O) groups is 1. The highest BCUT2D eigenvalue weighted by Crippen LogP contribution is 2.31. The van der Waals surface area contributed by atoms with Gasteiger partial charge in [0, 0.05) is 6.07 Å². The summed E-state index contributed by atoms with van der Waals surface area (Å²) in [5.41, 5.74) is 0.474. The van der Waals surface area contributed by atoms with Gasteiger partial charge in [0.2, 0.25) is 0 Å². The molecule has 3 aromatic carbocycles. The first-order valence-electron chi connectivity index (χ1n) is 11.3. The Morgan fingerprint density at radius 2 is 1.69 bits per heavy atom. The molecule has 1 N–H and O–H groups in total. The Kier molecular flexibility index (Phi) is 7.93. The largest absolute Gasteiger partial charge is 0.492 e. The number of sulfonamides is 1. The van der Waals surface area contributed by atoms with Gasteiger partial charge in [-0.1, -0.05) is 54.8 Å². The van der Waals surface area contributed by atoms with E-state index in [-0.39, 0.29) is 15.7 Å². The maximum atomic E-state index is 14.6. The second-order valence-electron chi connectivity index (χ2n) is 8.40. The fourth-order valence-electron chi connectivity index (χ4n) is 3.89. The van der Waals surface area contributed by atoms with E-state index < -0.39 is 27.3 Å². The molecule has 184 valence electrons. The first kappa shape index (κ1) is 25.0. The Morgan fingerprint density at radius 1 is 1.00 bits per heavy atom. The summed E-state index contributed by atoms with van der Waals surface area (Å²) in [5.74, 6) is -1.06. The maximum absolute atomic E-state index is 14.6. The molecule has 1 aliphatic rings. The number of halogens is 2. The molecule has 0 atom stereocenters. The quantitative estimate of drug-likeness (QED) is 0.391. The second kappa shape index (κ2) is 11.1. The highest BCUT2D eigenvalue weighted by Gasteiger charge is 2.23. The standard InChI is InChI=1S/C26H25ClFNO5S/c27-23-14-22(24(28)15-25(23)34-17-19-8-4-5-9-19)26(30)29-35(31,32)21-12-10-20(11-13-21)33-16-18-6-2-1-3-7-18/h1-3,6-7,10-15,19H,4-5,8-9,16-17H2,(H,29,30). The molecule has 0 radical (unpaired) electrons. The lowest BCUT2D eigenvalue weighted by atomic mass is 10.1. The van der Waals surface area contributed by atoms with Gasteiger partial charge in [0.15, 0.2) is 0 Å². The van der Waals surface area contributed by atoms with Crippen molar-refractivity contribution in [2.24, 2.45) is 5.92 Å². The van der Waals surface area contributed by atoms with Crippen molar-refractivity contribution < 1.29 is 27.1 Å². The lowest BCUT2D eigenvalue weighted by molar-refractivity contribution is 0.0977. The minimum Gasteiger partial charge on any atom is -0.492 e. The van der Waals surface area contributed by atoms with Crippen LogP contribution in [-0.2, 0) is 16.6 Å². The van der Waals surface area contributed by atoms with Crippen LogP contribution in [0.25, 0.3) is 0 Å². The zero-order valence-electron chi connectivity index (χ0n) is 18.9. The molecule has 0 aliphatic heterocycles. The lowest BCUT2D eigenvalue weighted by Gasteiger charge is -2.14. The van der Waals surface area contributed by atoms with Crippen LogP contribution in [0.2, 0.25) is 5.02 Å². The molecular weight excluding hydrogens is 493 g/mol. The van der Waals surface area contributed by atoms with E-state index in [1.807, 2.05) is 35.1 Å². The normalized spacial score (nSPS) is 14.0. The third-order valence-electron chi connectivity index (χ3n) is 5.82. The van der Waals surface area contributed by atoms with E-state index in [1.54, 1.807) is 0 Å². The Balaban J connectivity index is 1.39. The summed E-state index contributed by atoms with van der Waals surface area (Å²) in [6, 6.07) is 17.2. The average molecular weight is 518 g/mol. The first-order valence-corrected chi connectivity index (χ1v) is 13.1. The fourth-order valence-corrected chi connectivity index (χ4v) is 5.07. The first-order chi connectivity index (χ1) is 16.8. The Morgan fingerprint density at radius 3 is 2.37 bits per heavy atom. The summed E-state index contributed by atoms with van der Waals surface area (Å²) in [6.45, 7) is 0.744. The number of hydrogen-bond donors (Lipinski definition) is 1. The topological polar surface area (TPSA) is 81.7 Å². The molecule has 1 aliphatic carbocycles. The van der Waals surface area contributed by atoms with Crippen molar-refractivity contribution in [2.45, 2.75) is 37.2 Å². The number of amides is 1. The van der Waals surface area contributed by atoms with Crippen molar-refractivity contribution in [1.82, 2.24) is 4.72 Å². The lowest BCUT2D eigenvalue weighted by Crippen LogP contribution is -2.31. The van der Waals surface area contributed by atoms with E-state index in [0.717, 1.165) is 43.4 Å². The van der Waals surface area contributed by atoms with Gasteiger partial charge in [-0.15, -0.1) is 0 Å². The predicted molar refractivity (Wildman–Crippen MR) is 131 cm³/mol. The maximum Gasteiger partial charge on any atom is 0.268 e. The second-order valence-corrected chi connectivity index (χ2v) is 10.5. The highest BCUT2D eigenvalue weighted by atomic mass is 35.5. The minimum atomic E-state index is -4.25. The molecule has 4 rings (SSSR count). The van der Waals surface area contributed by atoms with Crippen LogP contribution in [0.4, 0.5) is 4.39 Å². The van der Waals surface area contributed by atoms with Crippen molar-refractivity contribution in [2.75, 3.05) is 6.61 Å². The van der Waals surface area contributed by atoms with Crippen LogP contribution in [-0.4, -0.2) is 20.9 Å². The zero-order valence-corrected chi connectivity index (χ0v) is 20.4. The van der Waals surface area contributed by atoms with Crippen LogP contribution in [0.15, 0.2) is 71.6 Å². The van der Waals surface area contributed by atoms with Gasteiger partial charge in [0.05, 0.1) is 22.1 Å². The summed E-state index contributed by atoms with van der Waals surface area (Å²) in [6.07, 6.45) is 4.40. The van der Waals surface area contributed by atoms with Crippen molar-refractivity contribution in [3.8, 4) is 11.5 Å². The molecule has 0 bridgehead atoms. The fraction of sp³-hybridized carbons (Fsp3) is 0.269. The van der Waals surface area contributed by atoms with Gasteiger partial charge in [0.25, 0.3) is 15.9 Å². The summed E-state index contributed by atoms with van der Waals surface area (Å²) < 4.78 is 53.1. The van der Waals surface area contributed by atoms with Crippen LogP contribution < -0.4 is 14.2 Å². The number of rotatable bonds is 9. The molecule has 0 unspecified atom stereocenters. The Bertz CT molecular complexity index is 1280. The summed E-state index contributed by atoms with van der Waals surface area (Å²) in [7, 11) is -4.25. The SMILES string of the molecule is O=C(NS(=O)(=O)c1ccc(OCc2ccccc2)cc1)c1cc(Cl)c(OCC2CCCC2)cc1F. The van der Waals surface area contributed by atoms with Gasteiger partial charge in [-0.2, -0.15) is 0 Å². The molecule has 9 heteroatoms. The molecule has 1 saturated carbocycles. The molecule has 1 fully saturated rings. The Hall–Kier alpha value is -3.10. The van der Waals surface area contributed by atoms with Gasteiger partial charge in [0.1, 0.15) is 23.9 Å². The molecule has 0 heterocycles. The number of hydrogen-bond acceptors (Lipinski definition) is 5. The van der Waals surface area contributed by atoms with E-state index in [2.05, 4.69) is 0 Å². The molecule has 3 aromatic rings. The number of ether oxygens (including phenoxy) is 2. The van der Waals surface area contributed by atoms with Crippen LogP contribution in [0, 0.1) is 11.7 Å². The number of benzene rings is 3. The van der Waals surface area contributed by atoms with E-state index in [0.29, 0.717) is 24.9 Å². The summed E-state index contributed by atoms with van der Waals surface area (Å²) in [4.78, 5) is 12.4. The van der Waals surface area contributed by atoms with Crippen LogP contribution >= 0.6 is 11.6 Å². The monoisotopic (exact) mass is 517 g/mol. The van der Waals surface area contributed by atoms with E-state index in [4.69, 9.17) is 21.1 Å². The van der Waals surface area contributed by atoms with Crippen molar-refractivity contribution in [3.63, 3.8) is 0 Å². The zero-order chi connectivity index (χ0) is 24.8.